The van der Waals surface area contributed by atoms with Gasteiger partial charge in [0.25, 0.3) is 0 Å². The van der Waals surface area contributed by atoms with Crippen LogP contribution in [-0.4, -0.2) is 24.6 Å². The van der Waals surface area contributed by atoms with Crippen molar-refractivity contribution in [3.8, 4) is 0 Å². The Morgan fingerprint density at radius 1 is 1.35 bits per heavy atom. The zero-order valence-electron chi connectivity index (χ0n) is 12.4. The molecule has 0 unspecified atom stereocenters. The average molecular weight is 277 g/mol. The fraction of sp³-hybridized carbons (Fsp3) is 0.438. The van der Waals surface area contributed by atoms with Gasteiger partial charge in [-0.2, -0.15) is 0 Å². The van der Waals surface area contributed by atoms with Gasteiger partial charge >= 0.3 is 0 Å². The van der Waals surface area contributed by atoms with Crippen molar-refractivity contribution < 1.29 is 4.39 Å². The molecular weight excluding hydrogens is 253 g/mol. The summed E-state index contributed by atoms with van der Waals surface area (Å²) in [5, 5.41) is 3.25. The molecule has 0 aliphatic rings. The van der Waals surface area contributed by atoms with Crippen molar-refractivity contribution in [1.29, 1.82) is 0 Å². The Labute approximate surface area is 121 Å². The minimum Gasteiger partial charge on any atom is -0.347 e. The Bertz CT molecular complexity index is 433. The average Bonchev–Trinajstić information content (AvgIpc) is 2.40. The number of pyridine rings is 1. The smallest absolute Gasteiger partial charge is 0.170 e. The summed E-state index contributed by atoms with van der Waals surface area (Å²) >= 11 is 0. The second kappa shape index (κ2) is 8.48. The molecule has 1 aromatic heterocycles. The van der Waals surface area contributed by atoms with Gasteiger partial charge in [-0.1, -0.05) is 26.0 Å². The molecule has 0 amide bonds. The monoisotopic (exact) mass is 277 g/mol. The molecule has 0 fully saturated rings. The lowest BCUT2D eigenvalue weighted by Crippen LogP contribution is -2.26. The van der Waals surface area contributed by atoms with E-state index >= 15 is 0 Å². The van der Waals surface area contributed by atoms with Gasteiger partial charge in [-0.3, -0.25) is 0 Å². The second-order valence-electron chi connectivity index (χ2n) is 5.11. The van der Waals surface area contributed by atoms with Crippen LogP contribution in [0.5, 0.6) is 0 Å². The van der Waals surface area contributed by atoms with Crippen molar-refractivity contribution in [2.45, 2.75) is 20.4 Å². The van der Waals surface area contributed by atoms with Crippen LogP contribution in [-0.2, 0) is 6.54 Å². The molecule has 1 rings (SSSR count). The van der Waals surface area contributed by atoms with E-state index in [1.165, 1.54) is 0 Å². The number of hydrogen-bond donors (Lipinski definition) is 1. The van der Waals surface area contributed by atoms with Gasteiger partial charge in [0.2, 0.25) is 0 Å². The molecule has 0 radical (unpaired) electrons. The first kappa shape index (κ1) is 16.4. The van der Waals surface area contributed by atoms with Crippen LogP contribution in [0.2, 0.25) is 0 Å². The number of rotatable bonds is 9. The SMILES string of the molecule is C=CCN(CC=C)c1nccc(CNCC(C)C)c1F. The number of nitrogens with one attached hydrogen (secondary N) is 1. The molecule has 4 heteroatoms. The lowest BCUT2D eigenvalue weighted by atomic mass is 10.2. The van der Waals surface area contributed by atoms with Crippen LogP contribution in [0.4, 0.5) is 10.2 Å². The highest BCUT2D eigenvalue weighted by molar-refractivity contribution is 5.44. The Balaban J connectivity index is 2.86. The number of halogens is 1. The van der Waals surface area contributed by atoms with Gasteiger partial charge in [-0.15, -0.1) is 13.2 Å². The summed E-state index contributed by atoms with van der Waals surface area (Å²) in [5.74, 6) is 0.624. The van der Waals surface area contributed by atoms with Crippen molar-refractivity contribution in [2.75, 3.05) is 24.5 Å². The van der Waals surface area contributed by atoms with Gasteiger partial charge in [0.1, 0.15) is 0 Å². The molecule has 0 atom stereocenters. The third-order valence-corrected chi connectivity index (χ3v) is 2.82. The Morgan fingerprint density at radius 2 is 2.00 bits per heavy atom. The lowest BCUT2D eigenvalue weighted by Gasteiger charge is -2.22. The number of aromatic nitrogens is 1. The number of hydrogen-bond acceptors (Lipinski definition) is 3. The highest BCUT2D eigenvalue weighted by atomic mass is 19.1. The van der Waals surface area contributed by atoms with E-state index in [0.717, 1.165) is 6.54 Å². The summed E-state index contributed by atoms with van der Waals surface area (Å²) in [4.78, 5) is 5.95. The zero-order valence-corrected chi connectivity index (χ0v) is 12.4. The van der Waals surface area contributed by atoms with E-state index in [0.29, 0.717) is 36.9 Å². The van der Waals surface area contributed by atoms with E-state index in [-0.39, 0.29) is 5.82 Å². The van der Waals surface area contributed by atoms with Crippen LogP contribution in [0.15, 0.2) is 37.6 Å². The quantitative estimate of drug-likeness (QED) is 0.703. The summed E-state index contributed by atoms with van der Waals surface area (Å²) in [6, 6.07) is 1.71. The van der Waals surface area contributed by atoms with Crippen molar-refractivity contribution in [3.05, 3.63) is 49.0 Å². The molecule has 0 spiro atoms. The molecule has 0 bridgehead atoms. The van der Waals surface area contributed by atoms with Gasteiger partial charge < -0.3 is 10.2 Å². The van der Waals surface area contributed by atoms with E-state index in [1.54, 1.807) is 29.3 Å². The largest absolute Gasteiger partial charge is 0.347 e. The third-order valence-electron chi connectivity index (χ3n) is 2.82. The van der Waals surface area contributed by atoms with E-state index in [4.69, 9.17) is 0 Å². The van der Waals surface area contributed by atoms with Gasteiger partial charge in [-0.25, -0.2) is 9.37 Å². The maximum atomic E-state index is 14.5. The Morgan fingerprint density at radius 3 is 2.55 bits per heavy atom. The maximum absolute atomic E-state index is 14.5. The van der Waals surface area contributed by atoms with Crippen LogP contribution in [0.3, 0.4) is 0 Å². The van der Waals surface area contributed by atoms with Gasteiger partial charge in [0, 0.05) is 31.4 Å². The van der Waals surface area contributed by atoms with Gasteiger partial charge in [-0.05, 0) is 18.5 Å². The predicted molar refractivity (Wildman–Crippen MR) is 83.3 cm³/mol. The van der Waals surface area contributed by atoms with E-state index in [9.17, 15) is 4.39 Å². The fourth-order valence-electron chi connectivity index (χ4n) is 1.88. The lowest BCUT2D eigenvalue weighted by molar-refractivity contribution is 0.532. The summed E-state index contributed by atoms with van der Waals surface area (Å²) < 4.78 is 14.5. The number of nitrogens with zero attached hydrogens (tertiary/aromatic N) is 2. The van der Waals surface area contributed by atoms with E-state index < -0.39 is 0 Å². The minimum absolute atomic E-state index is 0.271. The van der Waals surface area contributed by atoms with Crippen LogP contribution in [0.1, 0.15) is 19.4 Å². The van der Waals surface area contributed by atoms with Crippen molar-refractivity contribution in [3.63, 3.8) is 0 Å². The summed E-state index contributed by atoms with van der Waals surface area (Å²) in [7, 11) is 0. The first-order valence-electron chi connectivity index (χ1n) is 6.91. The minimum atomic E-state index is -0.271. The third kappa shape index (κ3) is 4.78. The summed E-state index contributed by atoms with van der Waals surface area (Å²) in [5.41, 5.74) is 0.633. The molecule has 0 aliphatic carbocycles. The fourth-order valence-corrected chi connectivity index (χ4v) is 1.88. The molecule has 1 N–H and O–H groups in total. The molecule has 0 aromatic carbocycles. The standard InChI is InChI=1S/C16H24FN3/c1-5-9-20(10-6-2)16-15(17)14(7-8-19-16)12-18-11-13(3)4/h5-8,13,18H,1-2,9-12H2,3-4H3. The molecule has 0 aliphatic heterocycles. The molecule has 0 saturated carbocycles. The van der Waals surface area contributed by atoms with Crippen LogP contribution in [0.25, 0.3) is 0 Å². The maximum Gasteiger partial charge on any atom is 0.170 e. The number of anilines is 1. The zero-order chi connectivity index (χ0) is 15.0. The van der Waals surface area contributed by atoms with Crippen molar-refractivity contribution >= 4 is 5.82 Å². The highest BCUT2D eigenvalue weighted by Crippen LogP contribution is 2.19. The van der Waals surface area contributed by atoms with E-state index in [2.05, 4.69) is 37.3 Å². The first-order chi connectivity index (χ1) is 9.60. The topological polar surface area (TPSA) is 28.2 Å². The van der Waals surface area contributed by atoms with Crippen LogP contribution in [0, 0.1) is 11.7 Å². The normalized spacial score (nSPS) is 10.6. The first-order valence-corrected chi connectivity index (χ1v) is 6.91. The second-order valence-corrected chi connectivity index (χ2v) is 5.11. The van der Waals surface area contributed by atoms with Gasteiger partial charge in [0.15, 0.2) is 11.6 Å². The van der Waals surface area contributed by atoms with Crippen LogP contribution >= 0.6 is 0 Å². The Hall–Kier alpha value is -1.68. The van der Waals surface area contributed by atoms with Gasteiger partial charge in [0.05, 0.1) is 0 Å². The Kier molecular flexibility index (Phi) is 6.94. The molecule has 20 heavy (non-hydrogen) atoms. The molecule has 110 valence electrons. The highest BCUT2D eigenvalue weighted by Gasteiger charge is 2.14. The molecular formula is C16H24FN3. The molecule has 3 nitrogen and oxygen atoms in total. The molecule has 1 aromatic rings. The predicted octanol–water partition coefficient (Wildman–Crippen LogP) is 3.14. The summed E-state index contributed by atoms with van der Waals surface area (Å²) in [6.07, 6.45) is 5.10. The molecule has 1 heterocycles. The van der Waals surface area contributed by atoms with Crippen LogP contribution < -0.4 is 10.2 Å². The molecule has 0 saturated heterocycles. The van der Waals surface area contributed by atoms with Crippen molar-refractivity contribution in [2.24, 2.45) is 5.92 Å². The summed E-state index contributed by atoms with van der Waals surface area (Å²) in [6.45, 7) is 14.1. The van der Waals surface area contributed by atoms with E-state index in [1.807, 2.05) is 0 Å². The van der Waals surface area contributed by atoms with Crippen molar-refractivity contribution in [1.82, 2.24) is 10.3 Å².